The van der Waals surface area contributed by atoms with Crippen molar-refractivity contribution in [3.05, 3.63) is 65.0 Å². The van der Waals surface area contributed by atoms with E-state index in [9.17, 15) is 13.9 Å². The second-order valence-electron chi connectivity index (χ2n) is 3.83. The molecule has 0 fully saturated rings. The molecule has 0 aliphatic heterocycles. The smallest absolute Gasteiger partial charge is 0.159 e. The molecule has 1 aromatic carbocycles. The SMILES string of the molecule is OCc1ccc(C(O)c2ccc(F)c(F)c2)nc1. The Hall–Kier alpha value is -1.85. The lowest BCUT2D eigenvalue weighted by Gasteiger charge is -2.11. The Kier molecular flexibility index (Phi) is 3.64. The summed E-state index contributed by atoms with van der Waals surface area (Å²) in [7, 11) is 0. The van der Waals surface area contributed by atoms with Crippen LogP contribution in [0.1, 0.15) is 22.9 Å². The Bertz CT molecular complexity index is 543. The Morgan fingerprint density at radius 1 is 1.11 bits per heavy atom. The third-order valence-electron chi connectivity index (χ3n) is 2.57. The van der Waals surface area contributed by atoms with Crippen molar-refractivity contribution in [2.45, 2.75) is 12.7 Å². The second kappa shape index (κ2) is 5.20. The molecule has 0 aliphatic carbocycles. The molecule has 3 nitrogen and oxygen atoms in total. The fourth-order valence-corrected chi connectivity index (χ4v) is 1.54. The molecule has 1 unspecified atom stereocenters. The minimum Gasteiger partial charge on any atom is -0.392 e. The summed E-state index contributed by atoms with van der Waals surface area (Å²) in [5.74, 6) is -1.98. The summed E-state index contributed by atoms with van der Waals surface area (Å²) in [5, 5.41) is 18.8. The van der Waals surface area contributed by atoms with Crippen molar-refractivity contribution in [2.24, 2.45) is 0 Å². The molecule has 1 atom stereocenters. The third-order valence-corrected chi connectivity index (χ3v) is 2.57. The fraction of sp³-hybridized carbons (Fsp3) is 0.154. The molecule has 0 saturated carbocycles. The van der Waals surface area contributed by atoms with Gasteiger partial charge in [0.25, 0.3) is 0 Å². The van der Waals surface area contributed by atoms with E-state index in [0.717, 1.165) is 12.1 Å². The summed E-state index contributed by atoms with van der Waals surface area (Å²) in [4.78, 5) is 3.95. The maximum Gasteiger partial charge on any atom is 0.159 e. The van der Waals surface area contributed by atoms with Crippen LogP contribution in [0.4, 0.5) is 8.78 Å². The van der Waals surface area contributed by atoms with E-state index >= 15 is 0 Å². The van der Waals surface area contributed by atoms with Crippen LogP contribution in [-0.2, 0) is 6.61 Å². The average molecular weight is 251 g/mol. The zero-order valence-electron chi connectivity index (χ0n) is 9.35. The van der Waals surface area contributed by atoms with Crippen LogP contribution in [0.2, 0.25) is 0 Å². The standard InChI is InChI=1S/C13H11F2NO2/c14-10-3-2-9(5-11(10)15)13(18)12-4-1-8(7-17)6-16-12/h1-6,13,17-18H,7H2. The third kappa shape index (κ3) is 2.52. The second-order valence-corrected chi connectivity index (χ2v) is 3.83. The Morgan fingerprint density at radius 2 is 1.89 bits per heavy atom. The first-order valence-corrected chi connectivity index (χ1v) is 5.30. The molecule has 0 saturated heterocycles. The Morgan fingerprint density at radius 3 is 2.44 bits per heavy atom. The predicted molar refractivity (Wildman–Crippen MR) is 60.6 cm³/mol. The van der Waals surface area contributed by atoms with Crippen LogP contribution < -0.4 is 0 Å². The van der Waals surface area contributed by atoms with Gasteiger partial charge in [0.05, 0.1) is 12.3 Å². The van der Waals surface area contributed by atoms with E-state index in [4.69, 9.17) is 5.11 Å². The van der Waals surface area contributed by atoms with E-state index in [2.05, 4.69) is 4.98 Å². The van der Waals surface area contributed by atoms with E-state index in [-0.39, 0.29) is 12.2 Å². The Labute approximate surface area is 102 Å². The van der Waals surface area contributed by atoms with E-state index in [1.54, 1.807) is 6.07 Å². The van der Waals surface area contributed by atoms with Gasteiger partial charge in [-0.05, 0) is 29.3 Å². The molecule has 2 aromatic rings. The number of hydrogen-bond acceptors (Lipinski definition) is 3. The number of benzene rings is 1. The van der Waals surface area contributed by atoms with E-state index in [1.165, 1.54) is 18.3 Å². The van der Waals surface area contributed by atoms with Crippen LogP contribution in [0.15, 0.2) is 36.5 Å². The van der Waals surface area contributed by atoms with Crippen molar-refractivity contribution >= 4 is 0 Å². The molecule has 1 aromatic heterocycles. The maximum absolute atomic E-state index is 13.0. The van der Waals surface area contributed by atoms with Gasteiger partial charge < -0.3 is 10.2 Å². The fourth-order valence-electron chi connectivity index (χ4n) is 1.54. The predicted octanol–water partition coefficient (Wildman–Crippen LogP) is 1.93. The summed E-state index contributed by atoms with van der Waals surface area (Å²) < 4.78 is 25.8. The van der Waals surface area contributed by atoms with E-state index in [0.29, 0.717) is 11.3 Å². The van der Waals surface area contributed by atoms with Crippen LogP contribution in [0, 0.1) is 11.6 Å². The van der Waals surface area contributed by atoms with E-state index < -0.39 is 17.7 Å². The number of halogens is 2. The van der Waals surface area contributed by atoms with Gasteiger partial charge in [-0.2, -0.15) is 0 Å². The highest BCUT2D eigenvalue weighted by Gasteiger charge is 2.14. The first-order chi connectivity index (χ1) is 8.61. The van der Waals surface area contributed by atoms with Gasteiger partial charge in [0, 0.05) is 6.20 Å². The maximum atomic E-state index is 13.0. The van der Waals surface area contributed by atoms with Crippen molar-refractivity contribution in [3.63, 3.8) is 0 Å². The number of hydrogen-bond donors (Lipinski definition) is 2. The quantitative estimate of drug-likeness (QED) is 0.876. The summed E-state index contributed by atoms with van der Waals surface area (Å²) in [6.45, 7) is -0.144. The van der Waals surface area contributed by atoms with Crippen molar-refractivity contribution in [3.8, 4) is 0 Å². The summed E-state index contributed by atoms with van der Waals surface area (Å²) >= 11 is 0. The van der Waals surface area contributed by atoms with Gasteiger partial charge in [-0.25, -0.2) is 8.78 Å². The van der Waals surface area contributed by atoms with Crippen molar-refractivity contribution in [1.29, 1.82) is 0 Å². The number of nitrogens with zero attached hydrogens (tertiary/aromatic N) is 1. The highest BCUT2D eigenvalue weighted by atomic mass is 19.2. The molecule has 2 N–H and O–H groups in total. The zero-order chi connectivity index (χ0) is 13.1. The number of rotatable bonds is 3. The zero-order valence-corrected chi connectivity index (χ0v) is 9.35. The van der Waals surface area contributed by atoms with Gasteiger partial charge in [0.15, 0.2) is 11.6 Å². The largest absolute Gasteiger partial charge is 0.392 e. The van der Waals surface area contributed by atoms with Gasteiger partial charge >= 0.3 is 0 Å². The van der Waals surface area contributed by atoms with Crippen LogP contribution in [-0.4, -0.2) is 15.2 Å². The number of aliphatic hydroxyl groups excluding tert-OH is 2. The van der Waals surface area contributed by atoms with Crippen LogP contribution in [0.25, 0.3) is 0 Å². The Balaban J connectivity index is 2.28. The molecule has 0 radical (unpaired) electrons. The van der Waals surface area contributed by atoms with Gasteiger partial charge in [-0.1, -0.05) is 12.1 Å². The molecule has 94 valence electrons. The molecule has 5 heteroatoms. The van der Waals surface area contributed by atoms with Gasteiger partial charge in [-0.15, -0.1) is 0 Å². The van der Waals surface area contributed by atoms with Gasteiger partial charge in [-0.3, -0.25) is 4.98 Å². The summed E-state index contributed by atoms with van der Waals surface area (Å²) in [6.07, 6.45) is 0.283. The molecule has 18 heavy (non-hydrogen) atoms. The molecule has 2 rings (SSSR count). The van der Waals surface area contributed by atoms with Crippen LogP contribution in [0.5, 0.6) is 0 Å². The molecule has 0 spiro atoms. The molecule has 0 amide bonds. The first kappa shape index (κ1) is 12.6. The minimum atomic E-state index is -1.13. The molecule has 1 heterocycles. The van der Waals surface area contributed by atoms with Crippen molar-refractivity contribution in [2.75, 3.05) is 0 Å². The lowest BCUT2D eigenvalue weighted by Crippen LogP contribution is -2.03. The molecule has 0 aliphatic rings. The number of pyridine rings is 1. The number of aliphatic hydroxyl groups is 2. The number of aromatic nitrogens is 1. The van der Waals surface area contributed by atoms with Gasteiger partial charge in [0.1, 0.15) is 6.10 Å². The van der Waals surface area contributed by atoms with Crippen LogP contribution >= 0.6 is 0 Å². The molecular formula is C13H11F2NO2. The van der Waals surface area contributed by atoms with Crippen molar-refractivity contribution < 1.29 is 19.0 Å². The van der Waals surface area contributed by atoms with Crippen LogP contribution in [0.3, 0.4) is 0 Å². The normalized spacial score (nSPS) is 12.4. The average Bonchev–Trinajstić information content (AvgIpc) is 2.41. The lowest BCUT2D eigenvalue weighted by atomic mass is 10.1. The highest BCUT2D eigenvalue weighted by molar-refractivity contribution is 5.27. The summed E-state index contributed by atoms with van der Waals surface area (Å²) in [6, 6.07) is 6.31. The minimum absolute atomic E-state index is 0.144. The van der Waals surface area contributed by atoms with Gasteiger partial charge in [0.2, 0.25) is 0 Å². The monoisotopic (exact) mass is 251 g/mol. The van der Waals surface area contributed by atoms with E-state index in [1.807, 2.05) is 0 Å². The highest BCUT2D eigenvalue weighted by Crippen LogP contribution is 2.22. The topological polar surface area (TPSA) is 53.4 Å². The molecule has 0 bridgehead atoms. The summed E-state index contributed by atoms with van der Waals surface area (Å²) in [5.41, 5.74) is 1.13. The van der Waals surface area contributed by atoms with Crippen molar-refractivity contribution in [1.82, 2.24) is 4.98 Å². The lowest BCUT2D eigenvalue weighted by molar-refractivity contribution is 0.214. The molecular weight excluding hydrogens is 240 g/mol. The first-order valence-electron chi connectivity index (χ1n) is 5.30.